The summed E-state index contributed by atoms with van der Waals surface area (Å²) in [7, 11) is 1.47. The van der Waals surface area contributed by atoms with Crippen LogP contribution in [0.4, 0.5) is 13.2 Å². The van der Waals surface area contributed by atoms with Gasteiger partial charge in [0.2, 0.25) is 11.8 Å². The molecule has 0 aliphatic rings. The van der Waals surface area contributed by atoms with Gasteiger partial charge >= 0.3 is 6.18 Å². The van der Waals surface area contributed by atoms with Crippen LogP contribution in [-0.2, 0) is 4.79 Å². The third-order valence-electron chi connectivity index (χ3n) is 2.96. The van der Waals surface area contributed by atoms with Crippen molar-refractivity contribution >= 4 is 11.8 Å². The maximum Gasteiger partial charge on any atom is 0.422 e. The van der Waals surface area contributed by atoms with Crippen LogP contribution in [0.15, 0.2) is 18.3 Å². The number of halogens is 3. The number of likely N-dealkylation sites (N-methyl/N-ethyl adjacent to an activating group) is 1. The van der Waals surface area contributed by atoms with Gasteiger partial charge in [0.05, 0.1) is 5.56 Å². The molecule has 1 aromatic rings. The van der Waals surface area contributed by atoms with Crippen molar-refractivity contribution in [2.24, 2.45) is 5.92 Å². The highest BCUT2D eigenvalue weighted by molar-refractivity contribution is 5.97. The summed E-state index contributed by atoms with van der Waals surface area (Å²) in [5, 5.41) is 5.05. The van der Waals surface area contributed by atoms with Crippen molar-refractivity contribution in [3.05, 3.63) is 23.9 Å². The molecule has 0 bridgehead atoms. The summed E-state index contributed by atoms with van der Waals surface area (Å²) in [6.45, 7) is 2.37. The lowest BCUT2D eigenvalue weighted by molar-refractivity contribution is -0.154. The topological polar surface area (TPSA) is 80.3 Å². The molecular weight excluding hydrogens is 327 g/mol. The maximum atomic E-state index is 12.1. The molecule has 9 heteroatoms. The van der Waals surface area contributed by atoms with Gasteiger partial charge in [-0.2, -0.15) is 13.2 Å². The van der Waals surface area contributed by atoms with Crippen molar-refractivity contribution in [3.63, 3.8) is 0 Å². The Morgan fingerprint density at radius 1 is 1.29 bits per heavy atom. The summed E-state index contributed by atoms with van der Waals surface area (Å²) in [6, 6.07) is 1.74. The molecule has 0 aliphatic carbocycles. The Morgan fingerprint density at radius 3 is 2.42 bits per heavy atom. The van der Waals surface area contributed by atoms with E-state index < -0.39 is 24.7 Å². The average Bonchev–Trinajstić information content (AvgIpc) is 2.50. The molecule has 2 N–H and O–H groups in total. The number of nitrogens with zero attached hydrogens (tertiary/aromatic N) is 1. The van der Waals surface area contributed by atoms with Crippen molar-refractivity contribution < 1.29 is 27.5 Å². The third kappa shape index (κ3) is 6.84. The predicted molar refractivity (Wildman–Crippen MR) is 80.6 cm³/mol. The molecule has 0 radical (unpaired) electrons. The zero-order chi connectivity index (χ0) is 18.3. The fraction of sp³-hybridized carbons (Fsp3) is 0.533. The van der Waals surface area contributed by atoms with E-state index in [9.17, 15) is 22.8 Å². The van der Waals surface area contributed by atoms with Crippen LogP contribution in [-0.4, -0.2) is 42.7 Å². The number of hydrogen-bond donors (Lipinski definition) is 2. The predicted octanol–water partition coefficient (Wildman–Crippen LogP) is 1.91. The number of nitrogens with one attached hydrogen (secondary N) is 2. The molecule has 0 saturated carbocycles. The smallest absolute Gasteiger partial charge is 0.422 e. The van der Waals surface area contributed by atoms with Gasteiger partial charge < -0.3 is 15.4 Å². The van der Waals surface area contributed by atoms with E-state index in [4.69, 9.17) is 0 Å². The number of ether oxygens (including phenoxy) is 1. The number of amides is 2. The molecular formula is C15H20F3N3O3. The number of carbonyl (C=O) groups is 2. The summed E-state index contributed by atoms with van der Waals surface area (Å²) in [6.07, 6.45) is -2.92. The molecule has 1 rings (SSSR count). The number of carbonyl (C=O) groups excluding carboxylic acids is 2. The van der Waals surface area contributed by atoms with Gasteiger partial charge in [0.15, 0.2) is 6.61 Å². The number of aromatic nitrogens is 1. The zero-order valence-electron chi connectivity index (χ0n) is 13.6. The molecule has 134 valence electrons. The Morgan fingerprint density at radius 2 is 1.96 bits per heavy atom. The number of alkyl halides is 3. The SMILES string of the molecule is CNC(=O)[C@@H](CC(C)C)NC(=O)c1ccc(OCC(F)(F)F)nc1. The van der Waals surface area contributed by atoms with E-state index in [1.54, 1.807) is 0 Å². The lowest BCUT2D eigenvalue weighted by Gasteiger charge is -2.19. The van der Waals surface area contributed by atoms with E-state index >= 15 is 0 Å². The monoisotopic (exact) mass is 347 g/mol. The maximum absolute atomic E-state index is 12.1. The highest BCUT2D eigenvalue weighted by Gasteiger charge is 2.28. The van der Waals surface area contributed by atoms with Gasteiger partial charge in [-0.25, -0.2) is 4.98 Å². The second kappa shape index (κ2) is 8.51. The van der Waals surface area contributed by atoms with Gasteiger partial charge in [-0.05, 0) is 18.4 Å². The lowest BCUT2D eigenvalue weighted by atomic mass is 10.0. The van der Waals surface area contributed by atoms with Gasteiger partial charge in [-0.1, -0.05) is 13.8 Å². The van der Waals surface area contributed by atoms with E-state index in [0.717, 1.165) is 12.3 Å². The largest absolute Gasteiger partial charge is 0.468 e. The third-order valence-corrected chi connectivity index (χ3v) is 2.96. The zero-order valence-corrected chi connectivity index (χ0v) is 13.6. The van der Waals surface area contributed by atoms with Gasteiger partial charge in [0.1, 0.15) is 6.04 Å². The van der Waals surface area contributed by atoms with Crippen molar-refractivity contribution in [1.29, 1.82) is 0 Å². The van der Waals surface area contributed by atoms with Gasteiger partial charge in [0, 0.05) is 19.3 Å². The first-order valence-electron chi connectivity index (χ1n) is 7.30. The Hall–Kier alpha value is -2.32. The minimum absolute atomic E-state index is 0.118. The minimum atomic E-state index is -4.46. The lowest BCUT2D eigenvalue weighted by Crippen LogP contribution is -2.46. The fourth-order valence-corrected chi connectivity index (χ4v) is 1.87. The molecule has 0 spiro atoms. The molecule has 24 heavy (non-hydrogen) atoms. The van der Waals surface area contributed by atoms with Crippen molar-refractivity contribution in [1.82, 2.24) is 15.6 Å². The first-order valence-corrected chi connectivity index (χ1v) is 7.30. The molecule has 0 unspecified atom stereocenters. The summed E-state index contributed by atoms with van der Waals surface area (Å²) < 4.78 is 40.6. The van der Waals surface area contributed by atoms with Crippen molar-refractivity contribution in [2.75, 3.05) is 13.7 Å². The molecule has 0 aromatic carbocycles. The van der Waals surface area contributed by atoms with E-state index in [1.165, 1.54) is 13.1 Å². The van der Waals surface area contributed by atoms with E-state index in [0.29, 0.717) is 6.42 Å². The van der Waals surface area contributed by atoms with Crippen LogP contribution >= 0.6 is 0 Å². The molecule has 1 atom stereocenters. The van der Waals surface area contributed by atoms with Crippen LogP contribution < -0.4 is 15.4 Å². The summed E-state index contributed by atoms with van der Waals surface area (Å²) in [4.78, 5) is 27.6. The summed E-state index contributed by atoms with van der Waals surface area (Å²) >= 11 is 0. The minimum Gasteiger partial charge on any atom is -0.468 e. The van der Waals surface area contributed by atoms with Crippen LogP contribution in [0, 0.1) is 5.92 Å². The first-order chi connectivity index (χ1) is 11.1. The first kappa shape index (κ1) is 19.7. The van der Waals surface area contributed by atoms with Gasteiger partial charge in [-0.15, -0.1) is 0 Å². The summed E-state index contributed by atoms with van der Waals surface area (Å²) in [5.41, 5.74) is 0.118. The van der Waals surface area contributed by atoms with Gasteiger partial charge in [0.25, 0.3) is 5.91 Å². The molecule has 1 aromatic heterocycles. The second-order valence-electron chi connectivity index (χ2n) is 5.56. The Kier molecular flexibility index (Phi) is 6.99. The Labute approximate surface area is 137 Å². The average molecular weight is 347 g/mol. The number of hydrogen-bond acceptors (Lipinski definition) is 4. The van der Waals surface area contributed by atoms with E-state index in [2.05, 4.69) is 20.4 Å². The molecule has 1 heterocycles. The standard InChI is InChI=1S/C15H20F3N3O3/c1-9(2)6-11(14(23)19-3)21-13(22)10-4-5-12(20-7-10)24-8-15(16,17)18/h4-5,7,9,11H,6,8H2,1-3H3,(H,19,23)(H,21,22)/t11-/m1/s1. The quantitative estimate of drug-likeness (QED) is 0.790. The Balaban J connectivity index is 2.71. The Bertz CT molecular complexity index is 559. The van der Waals surface area contributed by atoms with Crippen LogP contribution in [0.3, 0.4) is 0 Å². The van der Waals surface area contributed by atoms with Crippen LogP contribution in [0.1, 0.15) is 30.6 Å². The number of pyridine rings is 1. The summed E-state index contributed by atoms with van der Waals surface area (Å²) in [5.74, 6) is -0.924. The van der Waals surface area contributed by atoms with Crippen LogP contribution in [0.5, 0.6) is 5.88 Å². The highest BCUT2D eigenvalue weighted by Crippen LogP contribution is 2.17. The fourth-order valence-electron chi connectivity index (χ4n) is 1.87. The van der Waals surface area contributed by atoms with E-state index in [-0.39, 0.29) is 23.3 Å². The molecule has 6 nitrogen and oxygen atoms in total. The van der Waals surface area contributed by atoms with Crippen molar-refractivity contribution in [3.8, 4) is 5.88 Å². The second-order valence-corrected chi connectivity index (χ2v) is 5.56. The highest BCUT2D eigenvalue weighted by atomic mass is 19.4. The number of rotatable bonds is 7. The van der Waals surface area contributed by atoms with E-state index in [1.807, 2.05) is 13.8 Å². The van der Waals surface area contributed by atoms with Gasteiger partial charge in [-0.3, -0.25) is 9.59 Å². The molecule has 0 aliphatic heterocycles. The van der Waals surface area contributed by atoms with Crippen molar-refractivity contribution in [2.45, 2.75) is 32.5 Å². The molecule has 2 amide bonds. The normalized spacial score (nSPS) is 12.6. The molecule has 0 fully saturated rings. The van der Waals surface area contributed by atoms with Crippen LogP contribution in [0.2, 0.25) is 0 Å². The van der Waals surface area contributed by atoms with Crippen LogP contribution in [0.25, 0.3) is 0 Å². The molecule has 0 saturated heterocycles.